The molecule has 0 unspecified atom stereocenters. The van der Waals surface area contributed by atoms with Crippen molar-refractivity contribution < 1.29 is 0 Å². The molecule has 2 aromatic rings. The van der Waals surface area contributed by atoms with Crippen LogP contribution in [-0.2, 0) is 13.0 Å². The van der Waals surface area contributed by atoms with Crippen molar-refractivity contribution in [3.8, 4) is 0 Å². The van der Waals surface area contributed by atoms with Gasteiger partial charge in [0.1, 0.15) is 5.84 Å². The number of fused-ring (bicyclic) bond motifs is 1. The Morgan fingerprint density at radius 1 is 1.00 bits per heavy atom. The van der Waals surface area contributed by atoms with Crippen molar-refractivity contribution >= 4 is 23.1 Å². The number of hydrogen-bond donors (Lipinski definition) is 2. The van der Waals surface area contributed by atoms with E-state index in [0.29, 0.717) is 6.54 Å². The molecule has 0 saturated carbocycles. The van der Waals surface area contributed by atoms with Gasteiger partial charge in [0, 0.05) is 16.1 Å². The van der Waals surface area contributed by atoms with Crippen LogP contribution in [0, 0.1) is 5.41 Å². The van der Waals surface area contributed by atoms with Gasteiger partial charge in [-0.1, -0.05) is 41.9 Å². The van der Waals surface area contributed by atoms with Crippen molar-refractivity contribution in [2.75, 3.05) is 18.4 Å². The van der Waals surface area contributed by atoms with Gasteiger partial charge in [0.2, 0.25) is 0 Å². The van der Waals surface area contributed by atoms with Crippen molar-refractivity contribution in [2.45, 2.75) is 25.8 Å². The SMILES string of the molecule is Clc1ccc(CN=C2Nc3ccccc3CC23CCNCC3)cc1. The first-order valence-corrected chi connectivity index (χ1v) is 8.98. The van der Waals surface area contributed by atoms with Crippen LogP contribution in [-0.4, -0.2) is 18.9 Å². The molecule has 4 rings (SSSR count). The summed E-state index contributed by atoms with van der Waals surface area (Å²) in [7, 11) is 0. The van der Waals surface area contributed by atoms with Gasteiger partial charge < -0.3 is 10.6 Å². The van der Waals surface area contributed by atoms with Crippen LogP contribution in [0.2, 0.25) is 5.02 Å². The molecule has 4 heteroatoms. The summed E-state index contributed by atoms with van der Waals surface area (Å²) in [4.78, 5) is 4.99. The van der Waals surface area contributed by atoms with E-state index in [2.05, 4.69) is 47.0 Å². The summed E-state index contributed by atoms with van der Waals surface area (Å²) in [5.41, 5.74) is 3.95. The van der Waals surface area contributed by atoms with Gasteiger partial charge >= 0.3 is 0 Å². The van der Waals surface area contributed by atoms with Crippen LogP contribution in [0.3, 0.4) is 0 Å². The summed E-state index contributed by atoms with van der Waals surface area (Å²) >= 11 is 5.98. The average Bonchev–Trinajstić information content (AvgIpc) is 2.62. The van der Waals surface area contributed by atoms with Crippen molar-refractivity contribution in [1.82, 2.24) is 5.32 Å². The fourth-order valence-corrected chi connectivity index (χ4v) is 3.92. The number of nitrogens with zero attached hydrogens (tertiary/aromatic N) is 1. The number of rotatable bonds is 2. The van der Waals surface area contributed by atoms with E-state index in [9.17, 15) is 0 Å². The minimum Gasteiger partial charge on any atom is -0.343 e. The minimum atomic E-state index is 0.145. The Balaban J connectivity index is 1.65. The molecular formula is C20H22ClN3. The first-order valence-electron chi connectivity index (χ1n) is 8.60. The molecule has 1 spiro atoms. The normalized spacial score (nSPS) is 20.6. The van der Waals surface area contributed by atoms with Crippen LogP contribution >= 0.6 is 11.6 Å². The molecule has 1 fully saturated rings. The van der Waals surface area contributed by atoms with Crippen LogP contribution in [0.25, 0.3) is 0 Å². The van der Waals surface area contributed by atoms with Crippen LogP contribution in [0.5, 0.6) is 0 Å². The predicted molar refractivity (Wildman–Crippen MR) is 101 cm³/mol. The molecule has 0 bridgehead atoms. The maximum atomic E-state index is 5.98. The highest BCUT2D eigenvalue weighted by molar-refractivity contribution is 6.30. The Morgan fingerprint density at radius 3 is 2.54 bits per heavy atom. The number of para-hydroxylation sites is 1. The number of halogens is 1. The van der Waals surface area contributed by atoms with Gasteiger partial charge in [0.15, 0.2) is 0 Å². The molecule has 1 saturated heterocycles. The molecule has 2 heterocycles. The second-order valence-corrected chi connectivity index (χ2v) is 7.22. The first-order chi connectivity index (χ1) is 11.8. The Morgan fingerprint density at radius 2 is 1.75 bits per heavy atom. The van der Waals surface area contributed by atoms with Crippen molar-refractivity contribution in [2.24, 2.45) is 10.4 Å². The molecule has 2 N–H and O–H groups in total. The number of piperidine rings is 1. The molecule has 0 radical (unpaired) electrons. The Labute approximate surface area is 148 Å². The molecule has 0 aliphatic carbocycles. The zero-order valence-corrected chi connectivity index (χ0v) is 14.4. The highest BCUT2D eigenvalue weighted by Gasteiger charge is 2.40. The summed E-state index contributed by atoms with van der Waals surface area (Å²) in [6.07, 6.45) is 3.35. The summed E-state index contributed by atoms with van der Waals surface area (Å²) < 4.78 is 0. The monoisotopic (exact) mass is 339 g/mol. The van der Waals surface area contributed by atoms with Crippen LogP contribution < -0.4 is 10.6 Å². The van der Waals surface area contributed by atoms with E-state index >= 15 is 0 Å². The topological polar surface area (TPSA) is 36.4 Å². The number of amidine groups is 1. The van der Waals surface area contributed by atoms with Crippen LogP contribution in [0.15, 0.2) is 53.5 Å². The maximum absolute atomic E-state index is 5.98. The van der Waals surface area contributed by atoms with Crippen molar-refractivity contribution in [3.63, 3.8) is 0 Å². The molecule has 2 aliphatic heterocycles. The number of nitrogens with one attached hydrogen (secondary N) is 2. The Hall–Kier alpha value is -1.84. The third-order valence-corrected chi connectivity index (χ3v) is 5.45. The number of anilines is 1. The third kappa shape index (κ3) is 3.06. The highest BCUT2D eigenvalue weighted by atomic mass is 35.5. The first kappa shape index (κ1) is 15.7. The lowest BCUT2D eigenvalue weighted by atomic mass is 9.71. The molecule has 0 amide bonds. The second kappa shape index (κ2) is 6.58. The van der Waals surface area contributed by atoms with E-state index in [4.69, 9.17) is 16.6 Å². The Kier molecular flexibility index (Phi) is 4.30. The maximum Gasteiger partial charge on any atom is 0.108 e. The molecule has 3 nitrogen and oxygen atoms in total. The standard InChI is InChI=1S/C20H22ClN3/c21-17-7-5-15(6-8-17)14-23-19-20(9-11-22-12-10-20)13-16-3-1-2-4-18(16)24-19/h1-8,22H,9-14H2,(H,23,24). The number of aliphatic imine (C=N–C) groups is 1. The zero-order valence-electron chi connectivity index (χ0n) is 13.7. The Bertz CT molecular complexity index is 746. The summed E-state index contributed by atoms with van der Waals surface area (Å²) in [5, 5.41) is 7.89. The predicted octanol–water partition coefficient (Wildman–Crippen LogP) is 4.28. The van der Waals surface area contributed by atoms with Crippen LogP contribution in [0.1, 0.15) is 24.0 Å². The highest BCUT2D eigenvalue weighted by Crippen LogP contribution is 2.40. The van der Waals surface area contributed by atoms with E-state index in [-0.39, 0.29) is 5.41 Å². The fraction of sp³-hybridized carbons (Fsp3) is 0.350. The second-order valence-electron chi connectivity index (χ2n) is 6.78. The quantitative estimate of drug-likeness (QED) is 0.857. The molecule has 24 heavy (non-hydrogen) atoms. The molecule has 2 aliphatic rings. The van der Waals surface area contributed by atoms with E-state index in [1.165, 1.54) is 16.8 Å². The number of hydrogen-bond acceptors (Lipinski definition) is 2. The molecular weight excluding hydrogens is 318 g/mol. The van der Waals surface area contributed by atoms with E-state index in [0.717, 1.165) is 43.2 Å². The minimum absolute atomic E-state index is 0.145. The van der Waals surface area contributed by atoms with Gasteiger partial charge in [-0.15, -0.1) is 0 Å². The molecule has 0 atom stereocenters. The van der Waals surface area contributed by atoms with Gasteiger partial charge in [-0.25, -0.2) is 0 Å². The average molecular weight is 340 g/mol. The van der Waals surface area contributed by atoms with Gasteiger partial charge in [-0.2, -0.15) is 0 Å². The number of benzene rings is 2. The van der Waals surface area contributed by atoms with Gasteiger partial charge in [0.25, 0.3) is 0 Å². The van der Waals surface area contributed by atoms with E-state index in [1.54, 1.807) is 0 Å². The molecule has 0 aromatic heterocycles. The lowest BCUT2D eigenvalue weighted by Crippen LogP contribution is -2.48. The fourth-order valence-electron chi connectivity index (χ4n) is 3.79. The largest absolute Gasteiger partial charge is 0.343 e. The summed E-state index contributed by atoms with van der Waals surface area (Å²) in [5.74, 6) is 1.15. The van der Waals surface area contributed by atoms with Gasteiger partial charge in [0.05, 0.1) is 6.54 Å². The van der Waals surface area contributed by atoms with Gasteiger partial charge in [-0.05, 0) is 61.7 Å². The molecule has 2 aromatic carbocycles. The van der Waals surface area contributed by atoms with Crippen molar-refractivity contribution in [3.05, 3.63) is 64.7 Å². The lowest BCUT2D eigenvalue weighted by Gasteiger charge is -2.42. The lowest BCUT2D eigenvalue weighted by molar-refractivity contribution is 0.293. The zero-order chi connectivity index (χ0) is 16.4. The van der Waals surface area contributed by atoms with E-state index < -0.39 is 0 Å². The summed E-state index contributed by atoms with van der Waals surface area (Å²) in [6, 6.07) is 16.6. The van der Waals surface area contributed by atoms with Crippen LogP contribution in [0.4, 0.5) is 5.69 Å². The molecule has 124 valence electrons. The van der Waals surface area contributed by atoms with E-state index in [1.807, 2.05) is 12.1 Å². The smallest absolute Gasteiger partial charge is 0.108 e. The van der Waals surface area contributed by atoms with Gasteiger partial charge in [-0.3, -0.25) is 4.99 Å². The van der Waals surface area contributed by atoms with Crippen molar-refractivity contribution in [1.29, 1.82) is 0 Å². The third-order valence-electron chi connectivity index (χ3n) is 5.20. The summed E-state index contributed by atoms with van der Waals surface area (Å²) in [6.45, 7) is 2.81.